The van der Waals surface area contributed by atoms with Gasteiger partial charge in [0.25, 0.3) is 0 Å². The van der Waals surface area contributed by atoms with Crippen LogP contribution in [0.3, 0.4) is 0 Å². The summed E-state index contributed by atoms with van der Waals surface area (Å²) in [4.78, 5) is 13.1. The van der Waals surface area contributed by atoms with Crippen LogP contribution >= 0.6 is 0 Å². The number of hydrogen-bond donors (Lipinski definition) is 1. The van der Waals surface area contributed by atoms with Gasteiger partial charge in [0.15, 0.2) is 5.78 Å². The SMILES string of the molecule is C[C@H](NC1(c2ccccc2)c2ccccc2-c2ccccc21)C(=O)C(C)(C)C. The van der Waals surface area contributed by atoms with Crippen molar-refractivity contribution >= 4 is 5.78 Å². The number of carbonyl (C=O) groups is 1. The first-order valence-electron chi connectivity index (χ1n) is 9.92. The minimum absolute atomic E-state index is 0.213. The summed E-state index contributed by atoms with van der Waals surface area (Å²) < 4.78 is 0. The van der Waals surface area contributed by atoms with E-state index < -0.39 is 11.0 Å². The van der Waals surface area contributed by atoms with Crippen molar-refractivity contribution in [1.29, 1.82) is 0 Å². The number of benzene rings is 3. The summed E-state index contributed by atoms with van der Waals surface area (Å²) in [5.41, 5.74) is 5.07. The molecule has 3 aromatic carbocycles. The lowest BCUT2D eigenvalue weighted by molar-refractivity contribution is -0.128. The van der Waals surface area contributed by atoms with Crippen molar-refractivity contribution in [1.82, 2.24) is 5.32 Å². The summed E-state index contributed by atoms with van der Waals surface area (Å²) >= 11 is 0. The van der Waals surface area contributed by atoms with E-state index in [0.717, 1.165) is 5.56 Å². The quantitative estimate of drug-likeness (QED) is 0.653. The molecule has 2 nitrogen and oxygen atoms in total. The molecule has 1 N–H and O–H groups in total. The zero-order chi connectivity index (χ0) is 19.9. The Labute approximate surface area is 167 Å². The molecule has 142 valence electrons. The highest BCUT2D eigenvalue weighted by Gasteiger charge is 2.46. The maximum absolute atomic E-state index is 13.1. The van der Waals surface area contributed by atoms with Crippen molar-refractivity contribution in [2.75, 3.05) is 0 Å². The maximum atomic E-state index is 13.1. The standard InChI is InChI=1S/C26H27NO/c1-18(24(28)25(2,3)4)27-26(19-12-6-5-7-13-19)22-16-10-8-14-20(22)21-15-9-11-17-23(21)26/h5-18,27H,1-4H3/t18-/m0/s1. The number of carbonyl (C=O) groups excluding carboxylic acids is 1. The molecule has 3 aromatic rings. The van der Waals surface area contributed by atoms with Gasteiger partial charge in [-0.25, -0.2) is 0 Å². The molecular weight excluding hydrogens is 342 g/mol. The molecule has 0 aromatic heterocycles. The molecule has 0 spiro atoms. The zero-order valence-corrected chi connectivity index (χ0v) is 17.0. The number of nitrogens with one attached hydrogen (secondary N) is 1. The molecule has 1 aliphatic carbocycles. The second-order valence-corrected chi connectivity index (χ2v) is 8.69. The highest BCUT2D eigenvalue weighted by Crippen LogP contribution is 2.51. The molecule has 0 fully saturated rings. The lowest BCUT2D eigenvalue weighted by atomic mass is 9.78. The molecule has 0 radical (unpaired) electrons. The Balaban J connectivity index is 1.97. The van der Waals surface area contributed by atoms with E-state index in [1.165, 1.54) is 22.3 Å². The fourth-order valence-electron chi connectivity index (χ4n) is 4.51. The third-order valence-electron chi connectivity index (χ3n) is 5.72. The summed E-state index contributed by atoms with van der Waals surface area (Å²) in [5, 5.41) is 3.78. The molecule has 0 aliphatic heterocycles. The van der Waals surface area contributed by atoms with Crippen molar-refractivity contribution in [2.24, 2.45) is 5.41 Å². The van der Waals surface area contributed by atoms with Crippen LogP contribution in [-0.2, 0) is 10.3 Å². The molecule has 4 rings (SSSR count). The van der Waals surface area contributed by atoms with Crippen LogP contribution in [0.5, 0.6) is 0 Å². The highest BCUT2D eigenvalue weighted by molar-refractivity contribution is 5.89. The summed E-state index contributed by atoms with van der Waals surface area (Å²) in [7, 11) is 0. The molecule has 0 saturated carbocycles. The van der Waals surface area contributed by atoms with Crippen molar-refractivity contribution in [3.8, 4) is 11.1 Å². The van der Waals surface area contributed by atoms with E-state index in [4.69, 9.17) is 0 Å². The zero-order valence-electron chi connectivity index (χ0n) is 17.0. The first-order chi connectivity index (χ1) is 13.4. The summed E-state index contributed by atoms with van der Waals surface area (Å²) in [5.74, 6) is 0.213. The van der Waals surface area contributed by atoms with Crippen LogP contribution in [0.4, 0.5) is 0 Å². The Morgan fingerprint density at radius 1 is 0.786 bits per heavy atom. The van der Waals surface area contributed by atoms with Crippen molar-refractivity contribution in [2.45, 2.75) is 39.3 Å². The van der Waals surface area contributed by atoms with E-state index in [1.54, 1.807) is 0 Å². The van der Waals surface area contributed by atoms with Gasteiger partial charge in [0, 0.05) is 5.41 Å². The summed E-state index contributed by atoms with van der Waals surface area (Å²) in [6, 6.07) is 27.2. The number of hydrogen-bond acceptors (Lipinski definition) is 2. The van der Waals surface area contributed by atoms with E-state index in [1.807, 2.05) is 33.8 Å². The van der Waals surface area contributed by atoms with Crippen molar-refractivity contribution in [3.63, 3.8) is 0 Å². The predicted molar refractivity (Wildman–Crippen MR) is 115 cm³/mol. The average Bonchev–Trinajstić information content (AvgIpc) is 2.99. The fraction of sp³-hybridized carbons (Fsp3) is 0.269. The topological polar surface area (TPSA) is 29.1 Å². The average molecular weight is 370 g/mol. The van der Waals surface area contributed by atoms with Gasteiger partial charge in [-0.2, -0.15) is 0 Å². The van der Waals surface area contributed by atoms with Crippen LogP contribution in [0.2, 0.25) is 0 Å². The fourth-order valence-corrected chi connectivity index (χ4v) is 4.51. The molecule has 0 unspecified atom stereocenters. The van der Waals surface area contributed by atoms with Gasteiger partial charge >= 0.3 is 0 Å². The van der Waals surface area contributed by atoms with Gasteiger partial charge in [-0.15, -0.1) is 0 Å². The first kappa shape index (κ1) is 18.6. The van der Waals surface area contributed by atoms with Crippen molar-refractivity contribution in [3.05, 3.63) is 95.6 Å². The normalized spacial score (nSPS) is 15.6. The van der Waals surface area contributed by atoms with Crippen LogP contribution in [0.25, 0.3) is 11.1 Å². The Kier molecular flexibility index (Phi) is 4.47. The van der Waals surface area contributed by atoms with Gasteiger partial charge in [0.1, 0.15) is 0 Å². The third-order valence-corrected chi connectivity index (χ3v) is 5.72. The van der Waals surface area contributed by atoms with Gasteiger partial charge in [0.05, 0.1) is 11.6 Å². The Hall–Kier alpha value is -2.71. The van der Waals surface area contributed by atoms with Gasteiger partial charge in [-0.05, 0) is 34.7 Å². The Bertz CT molecular complexity index is 968. The maximum Gasteiger partial charge on any atom is 0.154 e. The Morgan fingerprint density at radius 2 is 1.25 bits per heavy atom. The van der Waals surface area contributed by atoms with Crippen LogP contribution in [0, 0.1) is 5.41 Å². The smallest absolute Gasteiger partial charge is 0.154 e. The molecule has 0 bridgehead atoms. The molecule has 28 heavy (non-hydrogen) atoms. The lowest BCUT2D eigenvalue weighted by Crippen LogP contribution is -2.52. The second kappa shape index (κ2) is 6.72. The minimum atomic E-state index is -0.547. The van der Waals surface area contributed by atoms with E-state index in [0.29, 0.717) is 0 Å². The van der Waals surface area contributed by atoms with Gasteiger partial charge in [-0.3, -0.25) is 10.1 Å². The van der Waals surface area contributed by atoms with E-state index in [2.05, 4.69) is 78.1 Å². The molecule has 0 heterocycles. The summed E-state index contributed by atoms with van der Waals surface area (Å²) in [6.45, 7) is 7.94. The number of ketones is 1. The monoisotopic (exact) mass is 369 g/mol. The van der Waals surface area contributed by atoms with E-state index in [9.17, 15) is 4.79 Å². The Morgan fingerprint density at radius 3 is 1.75 bits per heavy atom. The van der Waals surface area contributed by atoms with Crippen LogP contribution in [0.1, 0.15) is 44.4 Å². The number of fused-ring (bicyclic) bond motifs is 3. The minimum Gasteiger partial charge on any atom is -0.297 e. The molecule has 1 atom stereocenters. The van der Waals surface area contributed by atoms with Gasteiger partial charge in [-0.1, -0.05) is 99.6 Å². The highest BCUT2D eigenvalue weighted by atomic mass is 16.1. The van der Waals surface area contributed by atoms with Crippen LogP contribution in [-0.4, -0.2) is 11.8 Å². The largest absolute Gasteiger partial charge is 0.297 e. The predicted octanol–water partition coefficient (Wildman–Crippen LogP) is 5.55. The number of rotatable bonds is 4. The van der Waals surface area contributed by atoms with Crippen LogP contribution in [0.15, 0.2) is 78.9 Å². The van der Waals surface area contributed by atoms with E-state index in [-0.39, 0.29) is 11.8 Å². The molecule has 0 saturated heterocycles. The van der Waals surface area contributed by atoms with Crippen LogP contribution < -0.4 is 5.32 Å². The lowest BCUT2D eigenvalue weighted by Gasteiger charge is -2.37. The molecule has 0 amide bonds. The van der Waals surface area contributed by atoms with Crippen molar-refractivity contribution < 1.29 is 4.79 Å². The number of Topliss-reactive ketones (excluding diaryl/α,β-unsaturated/α-hetero) is 1. The second-order valence-electron chi connectivity index (χ2n) is 8.69. The van der Waals surface area contributed by atoms with E-state index >= 15 is 0 Å². The molecule has 1 aliphatic rings. The van der Waals surface area contributed by atoms with Gasteiger partial charge < -0.3 is 0 Å². The summed E-state index contributed by atoms with van der Waals surface area (Å²) in [6.07, 6.45) is 0. The first-order valence-corrected chi connectivity index (χ1v) is 9.92. The molecule has 2 heteroatoms. The third kappa shape index (κ3) is 2.80. The molecular formula is C26H27NO. The van der Waals surface area contributed by atoms with Gasteiger partial charge in [0.2, 0.25) is 0 Å².